The summed E-state index contributed by atoms with van der Waals surface area (Å²) in [7, 11) is 3.91. The highest BCUT2D eigenvalue weighted by Crippen LogP contribution is 2.21. The zero-order chi connectivity index (χ0) is 22.1. The van der Waals surface area contributed by atoms with Crippen molar-refractivity contribution < 1.29 is 4.79 Å². The van der Waals surface area contributed by atoms with Crippen molar-refractivity contribution in [3.05, 3.63) is 62.4 Å². The van der Waals surface area contributed by atoms with E-state index in [2.05, 4.69) is 36.5 Å². The number of anilines is 3. The van der Waals surface area contributed by atoms with Gasteiger partial charge in [-0.1, -0.05) is 26.0 Å². The van der Waals surface area contributed by atoms with Crippen LogP contribution in [0.5, 0.6) is 0 Å². The summed E-state index contributed by atoms with van der Waals surface area (Å²) in [6.07, 6.45) is 0.373. The molecule has 2 N–H and O–H groups in total. The van der Waals surface area contributed by atoms with Gasteiger partial charge in [-0.05, 0) is 46.6 Å². The van der Waals surface area contributed by atoms with E-state index >= 15 is 0 Å². The standard InChI is InChI=1S/C20H22BrN5OS.C2H6/c1-13-8-18(26(2)3)25-20(23-13)22-11-14-4-6-16(7-5-14)24-19(27)10-17-9-15(21)12-28-17;1-2/h4-9,12H,10-11H2,1-3H3,(H,24,27)(H,22,23,25);1-2H3. The lowest BCUT2D eigenvalue weighted by Crippen LogP contribution is -2.14. The minimum atomic E-state index is -0.0235. The molecule has 0 aliphatic rings. The summed E-state index contributed by atoms with van der Waals surface area (Å²) < 4.78 is 1.01. The Balaban J connectivity index is 0.00000155. The molecular weight excluding hydrogens is 462 g/mol. The molecule has 2 heterocycles. The smallest absolute Gasteiger partial charge is 0.229 e. The van der Waals surface area contributed by atoms with Gasteiger partial charge in [0.1, 0.15) is 5.82 Å². The van der Waals surface area contributed by atoms with Crippen LogP contribution in [0.3, 0.4) is 0 Å². The number of aromatic nitrogens is 2. The summed E-state index contributed by atoms with van der Waals surface area (Å²) in [5.41, 5.74) is 2.78. The Morgan fingerprint density at radius 3 is 2.43 bits per heavy atom. The Labute approximate surface area is 190 Å². The largest absolute Gasteiger partial charge is 0.363 e. The Morgan fingerprint density at radius 1 is 1.13 bits per heavy atom. The third-order valence-corrected chi connectivity index (χ3v) is 5.64. The second-order valence-electron chi connectivity index (χ2n) is 6.59. The summed E-state index contributed by atoms with van der Waals surface area (Å²) >= 11 is 4.97. The van der Waals surface area contributed by atoms with Crippen LogP contribution in [0.15, 0.2) is 46.3 Å². The van der Waals surface area contributed by atoms with Gasteiger partial charge in [-0.15, -0.1) is 11.3 Å². The van der Waals surface area contributed by atoms with Crippen molar-refractivity contribution in [1.29, 1.82) is 0 Å². The van der Waals surface area contributed by atoms with Crippen molar-refractivity contribution in [2.75, 3.05) is 29.6 Å². The van der Waals surface area contributed by atoms with Gasteiger partial charge in [0.05, 0.1) is 6.42 Å². The Bertz CT molecular complexity index is 956. The molecule has 0 bridgehead atoms. The number of rotatable bonds is 7. The molecule has 30 heavy (non-hydrogen) atoms. The van der Waals surface area contributed by atoms with Crippen LogP contribution in [0, 0.1) is 6.92 Å². The van der Waals surface area contributed by atoms with E-state index in [-0.39, 0.29) is 5.91 Å². The number of benzene rings is 1. The molecule has 0 radical (unpaired) electrons. The van der Waals surface area contributed by atoms with Crippen LogP contribution in [0.1, 0.15) is 30.0 Å². The predicted molar refractivity (Wildman–Crippen MR) is 131 cm³/mol. The van der Waals surface area contributed by atoms with E-state index in [0.29, 0.717) is 18.9 Å². The maximum atomic E-state index is 12.2. The minimum absolute atomic E-state index is 0.0235. The van der Waals surface area contributed by atoms with E-state index in [9.17, 15) is 4.79 Å². The van der Waals surface area contributed by atoms with Crippen molar-refractivity contribution in [1.82, 2.24) is 9.97 Å². The van der Waals surface area contributed by atoms with Crippen LogP contribution in [0.4, 0.5) is 17.5 Å². The summed E-state index contributed by atoms with van der Waals surface area (Å²) in [6, 6.07) is 11.7. The van der Waals surface area contributed by atoms with Crippen LogP contribution in [0.25, 0.3) is 0 Å². The molecular formula is C22H28BrN5OS. The van der Waals surface area contributed by atoms with Gasteiger partial charge < -0.3 is 15.5 Å². The first-order valence-electron chi connectivity index (χ1n) is 9.77. The average Bonchev–Trinajstić information content (AvgIpc) is 3.13. The first kappa shape index (κ1) is 23.8. The van der Waals surface area contributed by atoms with E-state index in [1.54, 1.807) is 11.3 Å². The van der Waals surface area contributed by atoms with Crippen molar-refractivity contribution in [3.63, 3.8) is 0 Å². The minimum Gasteiger partial charge on any atom is -0.363 e. The molecule has 8 heteroatoms. The molecule has 160 valence electrons. The summed E-state index contributed by atoms with van der Waals surface area (Å²) in [5.74, 6) is 1.44. The molecule has 0 saturated carbocycles. The lowest BCUT2D eigenvalue weighted by molar-refractivity contribution is -0.115. The van der Waals surface area contributed by atoms with Crippen molar-refractivity contribution in [3.8, 4) is 0 Å². The molecule has 0 atom stereocenters. The number of hydrogen-bond acceptors (Lipinski definition) is 6. The molecule has 3 rings (SSSR count). The first-order valence-corrected chi connectivity index (χ1v) is 11.4. The molecule has 2 aromatic heterocycles. The second kappa shape index (κ2) is 11.7. The predicted octanol–water partition coefficient (Wildman–Crippen LogP) is 5.49. The third-order valence-electron chi connectivity index (χ3n) is 3.94. The highest BCUT2D eigenvalue weighted by atomic mass is 79.9. The van der Waals surface area contributed by atoms with Gasteiger partial charge in [0.25, 0.3) is 0 Å². The molecule has 0 spiro atoms. The fourth-order valence-electron chi connectivity index (χ4n) is 2.56. The van der Waals surface area contributed by atoms with Crippen LogP contribution >= 0.6 is 27.3 Å². The third kappa shape index (κ3) is 7.42. The average molecular weight is 490 g/mol. The number of aryl methyl sites for hydroxylation is 1. The van der Waals surface area contributed by atoms with Crippen molar-refractivity contribution in [2.24, 2.45) is 0 Å². The first-order chi connectivity index (χ1) is 14.4. The number of thiophene rings is 1. The normalized spacial score (nSPS) is 10.1. The SMILES string of the molecule is CC.Cc1cc(N(C)C)nc(NCc2ccc(NC(=O)Cc3cc(Br)cs3)cc2)n1. The van der Waals surface area contributed by atoms with Crippen LogP contribution in [-0.2, 0) is 17.8 Å². The summed E-state index contributed by atoms with van der Waals surface area (Å²) in [6.45, 7) is 6.56. The molecule has 6 nitrogen and oxygen atoms in total. The second-order valence-corrected chi connectivity index (χ2v) is 8.50. The fourth-order valence-corrected chi connectivity index (χ4v) is 4.01. The van der Waals surface area contributed by atoms with E-state index < -0.39 is 0 Å². The van der Waals surface area contributed by atoms with E-state index in [0.717, 1.165) is 32.1 Å². The van der Waals surface area contributed by atoms with Crippen molar-refractivity contribution in [2.45, 2.75) is 33.7 Å². The van der Waals surface area contributed by atoms with Gasteiger partial charge in [-0.3, -0.25) is 4.79 Å². The van der Waals surface area contributed by atoms with Crippen LogP contribution < -0.4 is 15.5 Å². The van der Waals surface area contributed by atoms with Crippen molar-refractivity contribution >= 4 is 50.6 Å². The fraction of sp³-hybridized carbons (Fsp3) is 0.318. The van der Waals surface area contributed by atoms with Gasteiger partial charge in [-0.25, -0.2) is 4.98 Å². The molecule has 1 aromatic carbocycles. The number of nitrogens with one attached hydrogen (secondary N) is 2. The zero-order valence-corrected chi connectivity index (χ0v) is 20.4. The number of nitrogens with zero attached hydrogens (tertiary/aromatic N) is 3. The van der Waals surface area contributed by atoms with Crippen LogP contribution in [-0.4, -0.2) is 30.0 Å². The van der Waals surface area contributed by atoms with E-state index in [1.807, 2.05) is 81.5 Å². The molecule has 1 amide bonds. The van der Waals surface area contributed by atoms with E-state index in [1.165, 1.54) is 0 Å². The maximum absolute atomic E-state index is 12.2. The lowest BCUT2D eigenvalue weighted by Gasteiger charge is -2.14. The lowest BCUT2D eigenvalue weighted by atomic mass is 10.2. The topological polar surface area (TPSA) is 70.2 Å². The molecule has 0 aliphatic carbocycles. The van der Waals surface area contributed by atoms with Gasteiger partial charge >= 0.3 is 0 Å². The van der Waals surface area contributed by atoms with E-state index in [4.69, 9.17) is 0 Å². The van der Waals surface area contributed by atoms with Gasteiger partial charge in [0, 0.05) is 52.8 Å². The Kier molecular flexibility index (Phi) is 9.26. The number of halogens is 1. The molecule has 0 unspecified atom stereocenters. The molecule has 0 fully saturated rings. The highest BCUT2D eigenvalue weighted by molar-refractivity contribution is 9.10. The number of carbonyl (C=O) groups excluding carboxylic acids is 1. The number of carbonyl (C=O) groups is 1. The maximum Gasteiger partial charge on any atom is 0.229 e. The van der Waals surface area contributed by atoms with Gasteiger partial charge in [0.2, 0.25) is 11.9 Å². The van der Waals surface area contributed by atoms with Gasteiger partial charge in [0.15, 0.2) is 0 Å². The van der Waals surface area contributed by atoms with Crippen LogP contribution in [0.2, 0.25) is 0 Å². The zero-order valence-electron chi connectivity index (χ0n) is 18.0. The molecule has 0 aliphatic heterocycles. The quantitative estimate of drug-likeness (QED) is 0.458. The highest BCUT2D eigenvalue weighted by Gasteiger charge is 2.07. The Morgan fingerprint density at radius 2 is 1.83 bits per heavy atom. The summed E-state index contributed by atoms with van der Waals surface area (Å²) in [5, 5.41) is 8.16. The Hall–Kier alpha value is -2.45. The van der Waals surface area contributed by atoms with Gasteiger partial charge in [-0.2, -0.15) is 4.98 Å². The monoisotopic (exact) mass is 489 g/mol. The molecule has 0 saturated heterocycles. The summed E-state index contributed by atoms with van der Waals surface area (Å²) in [4.78, 5) is 24.0. The molecule has 3 aromatic rings. The number of amides is 1. The number of hydrogen-bond donors (Lipinski definition) is 2.